The van der Waals surface area contributed by atoms with Gasteiger partial charge in [-0.1, -0.05) is 48.5 Å². The number of halogens is 2. The normalized spacial score (nSPS) is 16.9. The van der Waals surface area contributed by atoms with Crippen LogP contribution >= 0.6 is 0 Å². The first kappa shape index (κ1) is 29.2. The topological polar surface area (TPSA) is 76.2 Å². The predicted octanol–water partition coefficient (Wildman–Crippen LogP) is 6.05. The van der Waals surface area contributed by atoms with Crippen LogP contribution in [-0.2, 0) is 25.5 Å². The number of carbonyl (C=O) groups excluding carboxylic acids is 3. The van der Waals surface area contributed by atoms with Gasteiger partial charge >= 0.3 is 12.1 Å². The van der Waals surface area contributed by atoms with Crippen molar-refractivity contribution < 1.29 is 32.6 Å². The third-order valence-corrected chi connectivity index (χ3v) is 7.65. The maximum atomic E-state index is 14.5. The zero-order valence-corrected chi connectivity index (χ0v) is 24.1. The number of esters is 1. The predicted molar refractivity (Wildman–Crippen MR) is 152 cm³/mol. The monoisotopic (exact) mass is 576 g/mol. The summed E-state index contributed by atoms with van der Waals surface area (Å²) < 4.78 is 39.5. The Labute approximate surface area is 244 Å². The van der Waals surface area contributed by atoms with E-state index in [4.69, 9.17) is 9.47 Å². The van der Waals surface area contributed by atoms with Crippen LogP contribution in [0, 0.1) is 11.6 Å². The van der Waals surface area contributed by atoms with Crippen molar-refractivity contribution in [2.75, 3.05) is 13.7 Å². The van der Waals surface area contributed by atoms with Crippen LogP contribution in [-0.4, -0.2) is 59.1 Å². The van der Waals surface area contributed by atoms with Crippen LogP contribution in [0.1, 0.15) is 56.3 Å². The molecule has 5 rings (SSSR count). The van der Waals surface area contributed by atoms with Crippen molar-refractivity contribution in [1.29, 1.82) is 0 Å². The first-order valence-electron chi connectivity index (χ1n) is 14.0. The lowest BCUT2D eigenvalue weighted by Crippen LogP contribution is -2.55. The highest BCUT2D eigenvalue weighted by molar-refractivity contribution is 5.92. The van der Waals surface area contributed by atoms with Crippen molar-refractivity contribution in [3.8, 4) is 11.1 Å². The minimum Gasteiger partial charge on any atom is -0.458 e. The van der Waals surface area contributed by atoms with Crippen molar-refractivity contribution in [3.05, 3.63) is 95.1 Å². The van der Waals surface area contributed by atoms with Gasteiger partial charge in [-0.05, 0) is 73.6 Å². The zero-order valence-electron chi connectivity index (χ0n) is 24.1. The molecule has 1 aliphatic carbocycles. The fourth-order valence-corrected chi connectivity index (χ4v) is 6.04. The summed E-state index contributed by atoms with van der Waals surface area (Å²) in [5.74, 6) is -2.67. The molecule has 2 atom stereocenters. The quantitative estimate of drug-likeness (QED) is 0.334. The molecule has 3 aromatic rings. The van der Waals surface area contributed by atoms with Crippen molar-refractivity contribution >= 4 is 18.0 Å². The summed E-state index contributed by atoms with van der Waals surface area (Å²) in [7, 11) is 1.23. The third-order valence-electron chi connectivity index (χ3n) is 7.65. The van der Waals surface area contributed by atoms with E-state index in [-0.39, 0.29) is 18.5 Å². The molecule has 0 aromatic heterocycles. The molecular weight excluding hydrogens is 542 g/mol. The average Bonchev–Trinajstić information content (AvgIpc) is 3.55. The Kier molecular flexibility index (Phi) is 8.03. The molecule has 0 N–H and O–H groups in total. The second-order valence-electron chi connectivity index (χ2n) is 11.7. The number of likely N-dealkylation sites (tertiary alicyclic amines) is 1. The standard InChI is InChI=1S/C33H34F2N2O5/c1-33(2,3)42-31(39)27-14-9-15-36(27)30(38)28(18-20-16-21(34)19-22(35)17-20)37(32(40)41-4)29-25-12-7-5-10-23(25)24-11-6-8-13-26(24)29/h5-8,10-13,16-17,19,27-29H,9,14-15,18H2,1-4H3/t27-,28-/m0/s1. The summed E-state index contributed by atoms with van der Waals surface area (Å²) in [6, 6.07) is 15.4. The smallest absolute Gasteiger partial charge is 0.410 e. The Balaban J connectivity index is 1.63. The van der Waals surface area contributed by atoms with E-state index < -0.39 is 53.3 Å². The summed E-state index contributed by atoms with van der Waals surface area (Å²) in [4.78, 5) is 44.2. The molecule has 3 aromatic carbocycles. The van der Waals surface area contributed by atoms with Gasteiger partial charge in [-0.25, -0.2) is 18.4 Å². The van der Waals surface area contributed by atoms with Crippen LogP contribution in [0.25, 0.3) is 11.1 Å². The number of fused-ring (bicyclic) bond motifs is 3. The number of rotatable bonds is 6. The molecule has 1 fully saturated rings. The number of carbonyl (C=O) groups is 3. The van der Waals surface area contributed by atoms with E-state index in [1.807, 2.05) is 48.5 Å². The maximum absolute atomic E-state index is 14.5. The van der Waals surface area contributed by atoms with Gasteiger partial charge in [-0.3, -0.25) is 9.69 Å². The fraction of sp³-hybridized carbons (Fsp3) is 0.364. The van der Waals surface area contributed by atoms with E-state index >= 15 is 0 Å². The summed E-state index contributed by atoms with van der Waals surface area (Å²) in [5.41, 5.74) is 2.81. The van der Waals surface area contributed by atoms with Crippen LogP contribution in [0.15, 0.2) is 66.7 Å². The van der Waals surface area contributed by atoms with Crippen LogP contribution in [0.2, 0.25) is 0 Å². The summed E-state index contributed by atoms with van der Waals surface area (Å²) in [6.45, 7) is 5.52. The largest absolute Gasteiger partial charge is 0.458 e. The zero-order chi connectivity index (χ0) is 30.2. The molecule has 0 bridgehead atoms. The fourth-order valence-electron chi connectivity index (χ4n) is 6.04. The molecule has 0 unspecified atom stereocenters. The lowest BCUT2D eigenvalue weighted by atomic mass is 9.97. The van der Waals surface area contributed by atoms with Crippen LogP contribution in [0.3, 0.4) is 0 Å². The Morgan fingerprint density at radius 1 is 0.952 bits per heavy atom. The Bertz CT molecular complexity index is 1450. The number of nitrogens with zero attached hydrogens (tertiary/aromatic N) is 2. The molecule has 0 radical (unpaired) electrons. The number of benzene rings is 3. The number of hydrogen-bond donors (Lipinski definition) is 0. The molecule has 42 heavy (non-hydrogen) atoms. The van der Waals surface area contributed by atoms with Gasteiger partial charge in [0.15, 0.2) is 0 Å². The van der Waals surface area contributed by atoms with Crippen LogP contribution in [0.5, 0.6) is 0 Å². The highest BCUT2D eigenvalue weighted by atomic mass is 19.1. The van der Waals surface area contributed by atoms with Gasteiger partial charge in [0.05, 0.1) is 13.2 Å². The SMILES string of the molecule is COC(=O)N(C1c2ccccc2-c2ccccc21)[C@@H](Cc1cc(F)cc(F)c1)C(=O)N1CCC[C@H]1C(=O)OC(C)(C)C. The highest BCUT2D eigenvalue weighted by Crippen LogP contribution is 2.47. The second kappa shape index (κ2) is 11.5. The van der Waals surface area contributed by atoms with E-state index in [0.29, 0.717) is 12.8 Å². The molecule has 2 aliphatic rings. The Hall–Kier alpha value is -4.27. The van der Waals surface area contributed by atoms with Crippen LogP contribution < -0.4 is 0 Å². The molecule has 1 aliphatic heterocycles. The molecule has 9 heteroatoms. The first-order chi connectivity index (χ1) is 20.0. The van der Waals surface area contributed by atoms with Gasteiger partial charge in [0.2, 0.25) is 5.91 Å². The number of amides is 2. The summed E-state index contributed by atoms with van der Waals surface area (Å²) >= 11 is 0. The van der Waals surface area contributed by atoms with Crippen molar-refractivity contribution in [1.82, 2.24) is 9.80 Å². The third kappa shape index (κ3) is 5.73. The van der Waals surface area contributed by atoms with Crippen molar-refractivity contribution in [2.24, 2.45) is 0 Å². The van der Waals surface area contributed by atoms with Crippen LogP contribution in [0.4, 0.5) is 13.6 Å². The molecule has 220 valence electrons. The molecule has 0 spiro atoms. The van der Waals surface area contributed by atoms with E-state index in [2.05, 4.69) is 0 Å². The van der Waals surface area contributed by atoms with E-state index in [9.17, 15) is 23.2 Å². The van der Waals surface area contributed by atoms with Gasteiger partial charge in [-0.2, -0.15) is 0 Å². The highest BCUT2D eigenvalue weighted by Gasteiger charge is 2.46. The molecule has 1 heterocycles. The van der Waals surface area contributed by atoms with Gasteiger partial charge < -0.3 is 14.4 Å². The van der Waals surface area contributed by atoms with E-state index in [1.54, 1.807) is 20.8 Å². The average molecular weight is 577 g/mol. The number of ether oxygens (including phenoxy) is 2. The number of methoxy groups -OCH3 is 1. The Morgan fingerprint density at radius 3 is 2.07 bits per heavy atom. The van der Waals surface area contributed by atoms with Gasteiger partial charge in [0.25, 0.3) is 0 Å². The molecular formula is C33H34F2N2O5. The number of hydrogen-bond acceptors (Lipinski definition) is 5. The lowest BCUT2D eigenvalue weighted by Gasteiger charge is -2.38. The molecule has 7 nitrogen and oxygen atoms in total. The minimum atomic E-state index is -1.26. The van der Waals surface area contributed by atoms with Gasteiger partial charge in [-0.15, -0.1) is 0 Å². The lowest BCUT2D eigenvalue weighted by molar-refractivity contribution is -0.164. The minimum absolute atomic E-state index is 0.187. The van der Waals surface area contributed by atoms with Gasteiger partial charge in [0.1, 0.15) is 29.3 Å². The molecule has 2 amide bonds. The molecule has 0 saturated carbocycles. The first-order valence-corrected chi connectivity index (χ1v) is 14.0. The molecule has 1 saturated heterocycles. The van der Waals surface area contributed by atoms with Crippen molar-refractivity contribution in [2.45, 2.75) is 63.8 Å². The Morgan fingerprint density at radius 2 is 1.52 bits per heavy atom. The van der Waals surface area contributed by atoms with E-state index in [1.165, 1.54) is 16.9 Å². The summed E-state index contributed by atoms with van der Waals surface area (Å²) in [6.07, 6.45) is -0.0321. The maximum Gasteiger partial charge on any atom is 0.410 e. The van der Waals surface area contributed by atoms with Gasteiger partial charge in [0, 0.05) is 19.0 Å². The summed E-state index contributed by atoms with van der Waals surface area (Å²) in [5, 5.41) is 0. The van der Waals surface area contributed by atoms with Crippen molar-refractivity contribution in [3.63, 3.8) is 0 Å². The second-order valence-corrected chi connectivity index (χ2v) is 11.7. The van der Waals surface area contributed by atoms with E-state index in [0.717, 1.165) is 40.5 Å².